The van der Waals surface area contributed by atoms with E-state index in [-0.39, 0.29) is 5.41 Å². The molecule has 0 aliphatic heterocycles. The quantitative estimate of drug-likeness (QED) is 0.684. The molecule has 1 aromatic rings. The third kappa shape index (κ3) is 5.95. The second kappa shape index (κ2) is 6.29. The predicted octanol–water partition coefficient (Wildman–Crippen LogP) is 4.32. The summed E-state index contributed by atoms with van der Waals surface area (Å²) in [5.41, 5.74) is 2.94. The van der Waals surface area contributed by atoms with Crippen molar-refractivity contribution in [2.24, 2.45) is 0 Å². The molecule has 0 saturated heterocycles. The minimum absolute atomic E-state index is 0.245. The van der Waals surface area contributed by atoms with Gasteiger partial charge < -0.3 is 4.74 Å². The van der Waals surface area contributed by atoms with Crippen LogP contribution in [-0.2, 0) is 10.2 Å². The summed E-state index contributed by atoms with van der Waals surface area (Å²) < 4.78 is 5.42. The maximum absolute atomic E-state index is 4.25. The number of halogens is 1. The van der Waals surface area contributed by atoms with E-state index in [1.54, 1.807) is 14.2 Å². The van der Waals surface area contributed by atoms with E-state index in [2.05, 4.69) is 66.6 Å². The van der Waals surface area contributed by atoms with Gasteiger partial charge in [-0.1, -0.05) is 42.8 Å². The van der Waals surface area contributed by atoms with Crippen molar-refractivity contribution in [2.45, 2.75) is 33.1 Å². The van der Waals surface area contributed by atoms with Crippen LogP contribution < -0.4 is 0 Å². The lowest BCUT2D eigenvalue weighted by Gasteiger charge is -2.19. The Morgan fingerprint density at radius 3 is 1.87 bits per heavy atom. The highest BCUT2D eigenvalue weighted by molar-refractivity contribution is 9.10. The molecule has 0 heterocycles. The Balaban J connectivity index is 0.000000583. The number of aryl methyl sites for hydroxylation is 1. The second-order valence-electron chi connectivity index (χ2n) is 4.68. The maximum atomic E-state index is 4.25. The molecular weight excluding hydrogens is 252 g/mol. The average molecular weight is 273 g/mol. The minimum Gasteiger partial charge on any atom is -0.388 e. The molecule has 0 fully saturated rings. The molecule has 2 heteroatoms. The van der Waals surface area contributed by atoms with Crippen LogP contribution >= 0.6 is 15.9 Å². The van der Waals surface area contributed by atoms with Crippen molar-refractivity contribution < 1.29 is 4.74 Å². The summed E-state index contributed by atoms with van der Waals surface area (Å²) in [5.74, 6) is 0. The van der Waals surface area contributed by atoms with Gasteiger partial charge >= 0.3 is 0 Å². The molecule has 0 aliphatic carbocycles. The summed E-state index contributed by atoms with van der Waals surface area (Å²) in [4.78, 5) is 0. The van der Waals surface area contributed by atoms with Gasteiger partial charge in [0.25, 0.3) is 0 Å². The summed E-state index contributed by atoms with van der Waals surface area (Å²) in [5, 5.41) is 0. The fourth-order valence-electron chi connectivity index (χ4n) is 1.17. The van der Waals surface area contributed by atoms with E-state index in [1.165, 1.54) is 15.6 Å². The molecule has 1 aromatic carbocycles. The van der Waals surface area contributed by atoms with E-state index in [1.807, 2.05) is 0 Å². The lowest BCUT2D eigenvalue weighted by atomic mass is 9.86. The highest BCUT2D eigenvalue weighted by atomic mass is 79.9. The zero-order valence-corrected chi connectivity index (χ0v) is 12.1. The molecule has 0 aromatic heterocycles. The SMILES string of the molecule is COC.Cc1cc(Br)cc(C(C)(C)C)c1. The number of rotatable bonds is 0. The Morgan fingerprint density at radius 1 is 1.07 bits per heavy atom. The molecular formula is C13H21BrO. The van der Waals surface area contributed by atoms with Gasteiger partial charge in [0, 0.05) is 18.7 Å². The van der Waals surface area contributed by atoms with Crippen molar-refractivity contribution in [3.8, 4) is 0 Å². The van der Waals surface area contributed by atoms with Crippen molar-refractivity contribution >= 4 is 15.9 Å². The molecule has 0 radical (unpaired) electrons. The van der Waals surface area contributed by atoms with Gasteiger partial charge in [0.15, 0.2) is 0 Å². The van der Waals surface area contributed by atoms with E-state index < -0.39 is 0 Å². The zero-order valence-electron chi connectivity index (χ0n) is 10.5. The molecule has 0 saturated carbocycles. The van der Waals surface area contributed by atoms with E-state index in [4.69, 9.17) is 0 Å². The first-order valence-corrected chi connectivity index (χ1v) is 5.78. The fraction of sp³-hybridized carbons (Fsp3) is 0.538. The first-order valence-electron chi connectivity index (χ1n) is 4.99. The van der Waals surface area contributed by atoms with Crippen LogP contribution in [0.15, 0.2) is 22.7 Å². The van der Waals surface area contributed by atoms with E-state index in [0.29, 0.717) is 0 Å². The molecule has 1 rings (SSSR count). The minimum atomic E-state index is 0.245. The van der Waals surface area contributed by atoms with Gasteiger partial charge in [-0.25, -0.2) is 0 Å². The van der Waals surface area contributed by atoms with Crippen LogP contribution in [0.5, 0.6) is 0 Å². The van der Waals surface area contributed by atoms with Crippen LogP contribution in [0.4, 0.5) is 0 Å². The van der Waals surface area contributed by atoms with Crippen LogP contribution in [0.25, 0.3) is 0 Å². The summed E-state index contributed by atoms with van der Waals surface area (Å²) >= 11 is 3.51. The first kappa shape index (κ1) is 14.7. The zero-order chi connectivity index (χ0) is 12.1. The Bertz CT molecular complexity index is 280. The number of hydrogen-bond acceptors (Lipinski definition) is 1. The molecule has 0 aliphatic rings. The standard InChI is InChI=1S/C11H15Br.C2H6O/c1-8-5-9(11(2,3)4)7-10(12)6-8;1-3-2/h5-7H,1-4H3;1-2H3. The molecule has 0 amide bonds. The van der Waals surface area contributed by atoms with Crippen molar-refractivity contribution in [3.05, 3.63) is 33.8 Å². The van der Waals surface area contributed by atoms with E-state index in [9.17, 15) is 0 Å². The average Bonchev–Trinajstić information content (AvgIpc) is 2.01. The maximum Gasteiger partial charge on any atom is 0.0351 e. The third-order valence-corrected chi connectivity index (χ3v) is 2.37. The van der Waals surface area contributed by atoms with Gasteiger partial charge in [0.2, 0.25) is 0 Å². The van der Waals surface area contributed by atoms with Crippen LogP contribution in [0.3, 0.4) is 0 Å². The van der Waals surface area contributed by atoms with Gasteiger partial charge in [-0.2, -0.15) is 0 Å². The summed E-state index contributed by atoms with van der Waals surface area (Å²) in [6, 6.07) is 6.56. The molecule has 0 N–H and O–H groups in total. The van der Waals surface area contributed by atoms with Crippen LogP contribution in [0, 0.1) is 6.92 Å². The van der Waals surface area contributed by atoms with Crippen molar-refractivity contribution in [3.63, 3.8) is 0 Å². The van der Waals surface area contributed by atoms with E-state index >= 15 is 0 Å². The number of methoxy groups -OCH3 is 1. The van der Waals surface area contributed by atoms with Gasteiger partial charge in [0.1, 0.15) is 0 Å². The number of hydrogen-bond donors (Lipinski definition) is 0. The van der Waals surface area contributed by atoms with Crippen molar-refractivity contribution in [1.29, 1.82) is 0 Å². The van der Waals surface area contributed by atoms with Gasteiger partial charge in [0.05, 0.1) is 0 Å². The Labute approximate surface area is 102 Å². The Kier molecular flexibility index (Phi) is 6.15. The van der Waals surface area contributed by atoms with Crippen molar-refractivity contribution in [2.75, 3.05) is 14.2 Å². The lowest BCUT2D eigenvalue weighted by molar-refractivity contribution is 0.277. The summed E-state index contributed by atoms with van der Waals surface area (Å²) in [6.07, 6.45) is 0. The normalized spacial score (nSPS) is 10.6. The second-order valence-corrected chi connectivity index (χ2v) is 5.59. The first-order chi connectivity index (χ1) is 6.81. The van der Waals surface area contributed by atoms with Crippen molar-refractivity contribution in [1.82, 2.24) is 0 Å². The molecule has 1 nitrogen and oxygen atoms in total. The summed E-state index contributed by atoms with van der Waals surface area (Å²) in [6.45, 7) is 8.82. The summed E-state index contributed by atoms with van der Waals surface area (Å²) in [7, 11) is 3.25. The lowest BCUT2D eigenvalue weighted by Crippen LogP contribution is -2.11. The topological polar surface area (TPSA) is 9.23 Å². The largest absolute Gasteiger partial charge is 0.388 e. The molecule has 0 spiro atoms. The molecule has 0 atom stereocenters. The molecule has 15 heavy (non-hydrogen) atoms. The van der Waals surface area contributed by atoms with Gasteiger partial charge in [-0.15, -0.1) is 0 Å². The smallest absolute Gasteiger partial charge is 0.0351 e. The molecule has 0 bridgehead atoms. The Hall–Kier alpha value is -0.340. The highest BCUT2D eigenvalue weighted by Gasteiger charge is 2.13. The highest BCUT2D eigenvalue weighted by Crippen LogP contribution is 2.26. The monoisotopic (exact) mass is 272 g/mol. The van der Waals surface area contributed by atoms with Crippen LogP contribution in [-0.4, -0.2) is 14.2 Å². The molecule has 86 valence electrons. The van der Waals surface area contributed by atoms with Gasteiger partial charge in [-0.05, 0) is 35.6 Å². The van der Waals surface area contributed by atoms with Gasteiger partial charge in [-0.3, -0.25) is 0 Å². The Morgan fingerprint density at radius 2 is 1.53 bits per heavy atom. The van der Waals surface area contributed by atoms with Crippen LogP contribution in [0.2, 0.25) is 0 Å². The predicted molar refractivity (Wildman–Crippen MR) is 70.5 cm³/mol. The third-order valence-electron chi connectivity index (χ3n) is 1.91. The number of benzene rings is 1. The fourth-order valence-corrected chi connectivity index (χ4v) is 1.78. The molecule has 0 unspecified atom stereocenters. The van der Waals surface area contributed by atoms with E-state index in [0.717, 1.165) is 0 Å². The number of ether oxygens (including phenoxy) is 1. The van der Waals surface area contributed by atoms with Crippen LogP contribution in [0.1, 0.15) is 31.9 Å².